The van der Waals surface area contributed by atoms with Gasteiger partial charge in [-0.25, -0.2) is 4.79 Å². The summed E-state index contributed by atoms with van der Waals surface area (Å²) in [6.45, 7) is 1.50. The second kappa shape index (κ2) is 5.18. The molecule has 1 aliphatic heterocycles. The maximum absolute atomic E-state index is 10.4. The highest BCUT2D eigenvalue weighted by molar-refractivity contribution is 5.85. The van der Waals surface area contributed by atoms with E-state index in [0.29, 0.717) is 19.6 Å². The van der Waals surface area contributed by atoms with Crippen molar-refractivity contribution in [2.75, 3.05) is 26.2 Å². The molecule has 0 bridgehead atoms. The van der Waals surface area contributed by atoms with E-state index in [1.165, 1.54) is 4.90 Å². The molecule has 72 valence electrons. The van der Waals surface area contributed by atoms with Gasteiger partial charge in [0.1, 0.15) is 0 Å². The first kappa shape index (κ1) is 11.5. The van der Waals surface area contributed by atoms with Gasteiger partial charge < -0.3 is 20.4 Å². The third-order valence-corrected chi connectivity index (χ3v) is 1.75. The van der Waals surface area contributed by atoms with Crippen molar-refractivity contribution in [3.05, 3.63) is 0 Å². The Hall–Kier alpha value is -0.520. The summed E-state index contributed by atoms with van der Waals surface area (Å²) in [7, 11) is 0. The fourth-order valence-corrected chi connectivity index (χ4v) is 1.12. The van der Waals surface area contributed by atoms with Crippen molar-refractivity contribution in [3.8, 4) is 0 Å². The van der Waals surface area contributed by atoms with E-state index in [4.69, 9.17) is 10.2 Å². The van der Waals surface area contributed by atoms with Crippen molar-refractivity contribution in [1.82, 2.24) is 10.2 Å². The number of halogens is 1. The van der Waals surface area contributed by atoms with Gasteiger partial charge in [-0.15, -0.1) is 12.4 Å². The summed E-state index contributed by atoms with van der Waals surface area (Å²) in [5.41, 5.74) is 0. The highest BCUT2D eigenvalue weighted by Crippen LogP contribution is 1.97. The van der Waals surface area contributed by atoms with E-state index in [0.717, 1.165) is 0 Å². The Kier molecular flexibility index (Phi) is 4.96. The molecule has 1 rings (SSSR count). The average molecular weight is 197 g/mol. The first-order valence-electron chi connectivity index (χ1n) is 3.56. The van der Waals surface area contributed by atoms with Gasteiger partial charge in [0.25, 0.3) is 0 Å². The van der Waals surface area contributed by atoms with Gasteiger partial charge in [0.05, 0.1) is 6.61 Å². The van der Waals surface area contributed by atoms with E-state index in [1.807, 2.05) is 0 Å². The molecular weight excluding hydrogens is 184 g/mol. The zero-order chi connectivity index (χ0) is 8.27. The summed E-state index contributed by atoms with van der Waals surface area (Å²) in [4.78, 5) is 11.7. The van der Waals surface area contributed by atoms with E-state index < -0.39 is 6.09 Å². The van der Waals surface area contributed by atoms with Crippen molar-refractivity contribution in [2.24, 2.45) is 0 Å². The Morgan fingerprint density at radius 1 is 1.67 bits per heavy atom. The number of rotatable bonds is 1. The highest BCUT2D eigenvalue weighted by atomic mass is 35.5. The number of nitrogens with one attached hydrogen (secondary N) is 1. The molecule has 1 amide bonds. The van der Waals surface area contributed by atoms with Crippen LogP contribution >= 0.6 is 12.4 Å². The molecule has 1 aliphatic rings. The Morgan fingerprint density at radius 3 is 2.83 bits per heavy atom. The summed E-state index contributed by atoms with van der Waals surface area (Å²) >= 11 is 0. The first-order valence-corrected chi connectivity index (χ1v) is 3.56. The molecule has 12 heavy (non-hydrogen) atoms. The third-order valence-electron chi connectivity index (χ3n) is 1.75. The quantitative estimate of drug-likeness (QED) is 0.521. The summed E-state index contributed by atoms with van der Waals surface area (Å²) < 4.78 is 0. The second-order valence-electron chi connectivity index (χ2n) is 2.56. The van der Waals surface area contributed by atoms with Gasteiger partial charge in [-0.2, -0.15) is 0 Å². The van der Waals surface area contributed by atoms with Crippen LogP contribution in [-0.2, 0) is 0 Å². The molecule has 1 heterocycles. The van der Waals surface area contributed by atoms with Gasteiger partial charge in [0.2, 0.25) is 0 Å². The number of piperazine rings is 1. The number of aliphatic hydroxyl groups excluding tert-OH is 1. The SMILES string of the molecule is Cl.O=C(O)N1CCN[C@@H](CO)C1. The largest absolute Gasteiger partial charge is 0.465 e. The molecule has 0 aromatic carbocycles. The zero-order valence-corrected chi connectivity index (χ0v) is 7.38. The minimum absolute atomic E-state index is 0. The Bertz CT molecular complexity index is 156. The van der Waals surface area contributed by atoms with Crippen LogP contribution in [0.3, 0.4) is 0 Å². The molecule has 1 atom stereocenters. The molecule has 1 fully saturated rings. The number of amides is 1. The van der Waals surface area contributed by atoms with Crippen molar-refractivity contribution >= 4 is 18.5 Å². The van der Waals surface area contributed by atoms with Crippen LogP contribution in [-0.4, -0.2) is 53.5 Å². The Morgan fingerprint density at radius 2 is 2.33 bits per heavy atom. The summed E-state index contributed by atoms with van der Waals surface area (Å²) in [5, 5.41) is 20.3. The number of carboxylic acid groups (broad SMARTS) is 1. The van der Waals surface area contributed by atoms with Crippen molar-refractivity contribution in [3.63, 3.8) is 0 Å². The van der Waals surface area contributed by atoms with Crippen molar-refractivity contribution in [1.29, 1.82) is 0 Å². The fraction of sp³-hybridized carbons (Fsp3) is 0.833. The van der Waals surface area contributed by atoms with Crippen LogP contribution in [0.5, 0.6) is 0 Å². The van der Waals surface area contributed by atoms with Crippen molar-refractivity contribution in [2.45, 2.75) is 6.04 Å². The smallest absolute Gasteiger partial charge is 0.407 e. The summed E-state index contributed by atoms with van der Waals surface area (Å²) in [6.07, 6.45) is -0.912. The minimum atomic E-state index is -0.912. The number of hydrogen-bond acceptors (Lipinski definition) is 3. The molecule has 0 unspecified atom stereocenters. The molecule has 0 aliphatic carbocycles. The Labute approximate surface area is 76.8 Å². The van der Waals surface area contributed by atoms with E-state index >= 15 is 0 Å². The van der Waals surface area contributed by atoms with Crippen LogP contribution in [0, 0.1) is 0 Å². The summed E-state index contributed by atoms with van der Waals surface area (Å²) in [5.74, 6) is 0. The molecule has 0 aromatic rings. The van der Waals surface area contributed by atoms with Gasteiger partial charge in [0, 0.05) is 25.7 Å². The van der Waals surface area contributed by atoms with Crippen LogP contribution in [0.2, 0.25) is 0 Å². The Balaban J connectivity index is 0.00000121. The molecule has 0 spiro atoms. The predicted molar refractivity (Wildman–Crippen MR) is 45.7 cm³/mol. The fourth-order valence-electron chi connectivity index (χ4n) is 1.12. The molecule has 0 aromatic heterocycles. The van der Waals surface area contributed by atoms with E-state index in [1.54, 1.807) is 0 Å². The zero-order valence-electron chi connectivity index (χ0n) is 6.56. The highest BCUT2D eigenvalue weighted by Gasteiger charge is 2.21. The van der Waals surface area contributed by atoms with Gasteiger partial charge in [-0.3, -0.25) is 0 Å². The summed E-state index contributed by atoms with van der Waals surface area (Å²) in [6, 6.07) is -0.0974. The molecule has 0 radical (unpaired) electrons. The van der Waals surface area contributed by atoms with Gasteiger partial charge >= 0.3 is 6.09 Å². The van der Waals surface area contributed by atoms with E-state index in [9.17, 15) is 4.79 Å². The number of hydrogen-bond donors (Lipinski definition) is 3. The number of carbonyl (C=O) groups is 1. The van der Waals surface area contributed by atoms with Crippen LogP contribution in [0.4, 0.5) is 4.79 Å². The van der Waals surface area contributed by atoms with E-state index in [-0.39, 0.29) is 25.1 Å². The molecule has 3 N–H and O–H groups in total. The maximum Gasteiger partial charge on any atom is 0.407 e. The molecule has 1 saturated heterocycles. The lowest BCUT2D eigenvalue weighted by atomic mass is 10.2. The first-order chi connectivity index (χ1) is 5.24. The average Bonchev–Trinajstić information content (AvgIpc) is 2.05. The second-order valence-corrected chi connectivity index (χ2v) is 2.56. The third kappa shape index (κ3) is 2.84. The molecule has 0 saturated carbocycles. The molecule has 5 nitrogen and oxygen atoms in total. The maximum atomic E-state index is 10.4. The number of nitrogens with zero attached hydrogens (tertiary/aromatic N) is 1. The normalized spacial score (nSPS) is 23.1. The van der Waals surface area contributed by atoms with E-state index in [2.05, 4.69) is 5.32 Å². The van der Waals surface area contributed by atoms with Crippen LogP contribution in [0.1, 0.15) is 0 Å². The van der Waals surface area contributed by atoms with Gasteiger partial charge in [0.15, 0.2) is 0 Å². The topological polar surface area (TPSA) is 72.8 Å². The monoisotopic (exact) mass is 196 g/mol. The lowest BCUT2D eigenvalue weighted by Crippen LogP contribution is -2.53. The lowest BCUT2D eigenvalue weighted by Gasteiger charge is -2.30. The standard InChI is InChI=1S/C6H12N2O3.ClH/c9-4-5-3-8(6(10)11)2-1-7-5;/h5,7,9H,1-4H2,(H,10,11);1H/t5-;/m1./s1. The predicted octanol–water partition coefficient (Wildman–Crippen LogP) is -0.648. The van der Waals surface area contributed by atoms with Crippen LogP contribution in [0.15, 0.2) is 0 Å². The number of aliphatic hydroxyl groups is 1. The van der Waals surface area contributed by atoms with Crippen LogP contribution < -0.4 is 5.32 Å². The van der Waals surface area contributed by atoms with Crippen LogP contribution in [0.25, 0.3) is 0 Å². The minimum Gasteiger partial charge on any atom is -0.465 e. The lowest BCUT2D eigenvalue weighted by molar-refractivity contribution is 0.115. The van der Waals surface area contributed by atoms with Gasteiger partial charge in [-0.1, -0.05) is 0 Å². The van der Waals surface area contributed by atoms with Crippen molar-refractivity contribution < 1.29 is 15.0 Å². The van der Waals surface area contributed by atoms with Gasteiger partial charge in [-0.05, 0) is 0 Å². The molecular formula is C6H13ClN2O3. The molecule has 6 heteroatoms.